The molecule has 6 atom stereocenters. The molecule has 2 bridgehead atoms. The van der Waals surface area contributed by atoms with Gasteiger partial charge in [0.2, 0.25) is 0 Å². The fourth-order valence-electron chi connectivity index (χ4n) is 7.34. The van der Waals surface area contributed by atoms with E-state index in [0.29, 0.717) is 24.8 Å². The van der Waals surface area contributed by atoms with E-state index in [2.05, 4.69) is 74.0 Å². The Morgan fingerprint density at radius 1 is 0.974 bits per heavy atom. The zero-order valence-corrected chi connectivity index (χ0v) is 22.8. The van der Waals surface area contributed by atoms with Crippen molar-refractivity contribution in [3.05, 3.63) is 83.9 Å². The van der Waals surface area contributed by atoms with E-state index in [4.69, 9.17) is 9.31 Å². The molecule has 0 amide bonds. The predicted molar refractivity (Wildman–Crippen MR) is 151 cm³/mol. The molecule has 3 aromatic carbocycles. The highest BCUT2D eigenvalue weighted by Crippen LogP contribution is 2.66. The minimum Gasteiger partial charge on any atom is -0.858 e. The lowest BCUT2D eigenvalue weighted by molar-refractivity contribution is -0.415. The molecule has 198 valence electrons. The third kappa shape index (κ3) is 4.57. The molecule has 0 radical (unpaired) electrons. The maximum Gasteiger partial charge on any atom is 0.463 e. The summed E-state index contributed by atoms with van der Waals surface area (Å²) in [6.45, 7) is 7.38. The van der Waals surface area contributed by atoms with Crippen molar-refractivity contribution in [1.82, 2.24) is 0 Å². The van der Waals surface area contributed by atoms with Gasteiger partial charge in [-0.15, -0.1) is 0 Å². The van der Waals surface area contributed by atoms with Crippen molar-refractivity contribution >= 4 is 23.8 Å². The van der Waals surface area contributed by atoms with Crippen LogP contribution in [0, 0.1) is 17.3 Å². The molecular weight excluding hydrogens is 471 g/mol. The maximum absolute atomic E-state index is 13.0. The van der Waals surface area contributed by atoms with Crippen molar-refractivity contribution in [1.29, 1.82) is 0 Å². The maximum atomic E-state index is 13.0. The van der Waals surface area contributed by atoms with Gasteiger partial charge in [-0.2, -0.15) is 0 Å². The lowest BCUT2D eigenvalue weighted by atomic mass is 9.43. The van der Waals surface area contributed by atoms with Gasteiger partial charge in [-0.1, -0.05) is 86.6 Å². The number of hydrogen-bond acceptors (Lipinski definition) is 4. The highest BCUT2D eigenvalue weighted by molar-refractivity contribution is 6.47. The van der Waals surface area contributed by atoms with Crippen molar-refractivity contribution in [3.8, 4) is 0 Å². The van der Waals surface area contributed by atoms with E-state index < -0.39 is 6.04 Å². The Bertz CT molecular complexity index is 1330. The average Bonchev–Trinajstić information content (AvgIpc) is 3.28. The van der Waals surface area contributed by atoms with Gasteiger partial charge in [0, 0.05) is 24.7 Å². The Hall–Kier alpha value is -2.67. The molecule has 5 nitrogen and oxygen atoms in total. The van der Waals surface area contributed by atoms with Crippen molar-refractivity contribution < 1.29 is 20.1 Å². The lowest BCUT2D eigenvalue weighted by Gasteiger charge is -2.64. The van der Waals surface area contributed by atoms with Gasteiger partial charge < -0.3 is 20.1 Å². The molecule has 3 aromatic rings. The van der Waals surface area contributed by atoms with Crippen LogP contribution in [-0.2, 0) is 22.2 Å². The SMILES string of the molecule is CC1(C)[C@@H]2CC3OB([C@@H](CN=C([O-])[C@@H]([NH3+])Cc4ccccc4)Cc4ccc5ccccc5c4)O[C@]3(C)[C@H]1C2. The summed E-state index contributed by atoms with van der Waals surface area (Å²) in [5, 5.41) is 15.5. The normalized spacial score (nSPS) is 29.5. The highest BCUT2D eigenvalue weighted by atomic mass is 16.7. The van der Waals surface area contributed by atoms with Crippen molar-refractivity contribution in [2.75, 3.05) is 6.54 Å². The molecule has 6 heteroatoms. The number of benzene rings is 3. The summed E-state index contributed by atoms with van der Waals surface area (Å²) in [6.07, 6.45) is 3.71. The molecule has 0 spiro atoms. The smallest absolute Gasteiger partial charge is 0.463 e. The van der Waals surface area contributed by atoms with Crippen LogP contribution in [0.2, 0.25) is 5.82 Å². The minimum absolute atomic E-state index is 0.0493. The van der Waals surface area contributed by atoms with Crippen LogP contribution in [-0.4, -0.2) is 37.3 Å². The largest absolute Gasteiger partial charge is 0.858 e. The summed E-state index contributed by atoms with van der Waals surface area (Å²) < 4.78 is 13.5. The molecule has 7 rings (SSSR count). The van der Waals surface area contributed by atoms with Crippen LogP contribution in [0.1, 0.15) is 44.7 Å². The third-order valence-electron chi connectivity index (χ3n) is 9.82. The fraction of sp³-hybridized carbons (Fsp3) is 0.469. The Morgan fingerprint density at radius 3 is 2.47 bits per heavy atom. The molecule has 1 heterocycles. The van der Waals surface area contributed by atoms with Gasteiger partial charge in [0.15, 0.2) is 0 Å². The Balaban J connectivity index is 1.23. The molecular formula is C32H39BN2O3. The molecule has 4 fully saturated rings. The first-order valence-electron chi connectivity index (χ1n) is 14.1. The second-order valence-electron chi connectivity index (χ2n) is 12.5. The first-order valence-corrected chi connectivity index (χ1v) is 14.1. The van der Waals surface area contributed by atoms with E-state index in [-0.39, 0.29) is 36.0 Å². The second kappa shape index (κ2) is 9.82. The van der Waals surface area contributed by atoms with Gasteiger partial charge in [0.05, 0.1) is 11.7 Å². The van der Waals surface area contributed by atoms with E-state index in [0.717, 1.165) is 18.4 Å². The Labute approximate surface area is 226 Å². The van der Waals surface area contributed by atoms with E-state index in [9.17, 15) is 5.11 Å². The zero-order valence-electron chi connectivity index (χ0n) is 22.8. The molecule has 3 N–H and O–H groups in total. The first kappa shape index (κ1) is 25.6. The summed E-state index contributed by atoms with van der Waals surface area (Å²) in [5.41, 5.74) is 6.44. The van der Waals surface area contributed by atoms with Crippen molar-refractivity contribution in [2.45, 2.75) is 70.0 Å². The number of hydrogen-bond donors (Lipinski definition) is 1. The van der Waals surface area contributed by atoms with Crippen LogP contribution in [0.15, 0.2) is 77.8 Å². The molecule has 3 aliphatic carbocycles. The summed E-state index contributed by atoms with van der Waals surface area (Å²) in [7, 11) is -0.374. The van der Waals surface area contributed by atoms with Crippen LogP contribution in [0.5, 0.6) is 0 Å². The molecule has 0 aromatic heterocycles. The molecule has 3 saturated carbocycles. The number of rotatable bonds is 8. The number of quaternary nitrogens is 1. The van der Waals surface area contributed by atoms with E-state index in [1.807, 2.05) is 30.3 Å². The zero-order chi connectivity index (χ0) is 26.5. The second-order valence-corrected chi connectivity index (χ2v) is 12.5. The summed E-state index contributed by atoms with van der Waals surface area (Å²) >= 11 is 0. The number of fused-ring (bicyclic) bond motifs is 1. The van der Waals surface area contributed by atoms with Crippen molar-refractivity contribution in [2.24, 2.45) is 22.2 Å². The molecule has 38 heavy (non-hydrogen) atoms. The monoisotopic (exact) mass is 510 g/mol. The van der Waals surface area contributed by atoms with Gasteiger partial charge in [-0.3, -0.25) is 4.99 Å². The Morgan fingerprint density at radius 2 is 1.71 bits per heavy atom. The van der Waals surface area contributed by atoms with Crippen LogP contribution in [0.25, 0.3) is 10.8 Å². The number of aliphatic imine (C=N–C) groups is 1. The summed E-state index contributed by atoms with van der Waals surface area (Å²) in [5.74, 6) is 0.996. The number of nitrogens with zero attached hydrogens (tertiary/aromatic N) is 1. The quantitative estimate of drug-likeness (QED) is 0.282. The van der Waals surface area contributed by atoms with Crippen LogP contribution in [0.3, 0.4) is 0 Å². The average molecular weight is 510 g/mol. The van der Waals surface area contributed by atoms with E-state index >= 15 is 0 Å². The van der Waals surface area contributed by atoms with Gasteiger partial charge in [0.25, 0.3) is 0 Å². The molecule has 1 unspecified atom stereocenters. The molecule has 4 aliphatic rings. The van der Waals surface area contributed by atoms with Crippen LogP contribution in [0.4, 0.5) is 0 Å². The topological polar surface area (TPSA) is 81.5 Å². The van der Waals surface area contributed by atoms with E-state index in [1.165, 1.54) is 22.8 Å². The van der Waals surface area contributed by atoms with Gasteiger partial charge >= 0.3 is 7.12 Å². The standard InChI is InChI=1S/C32H39BN2O3/c1-31(2)25-18-28(31)32(3)29(19-25)37-33(38-32)26(16-22-13-14-23-11-7-8-12-24(23)15-22)20-35-30(36)27(34)17-21-9-5-4-6-10-21/h4-15,25-29H,16-20,34H2,1-3H3,(H,35,36)/t25-,26+,27-,28-,29?,32+/m0/s1. The van der Waals surface area contributed by atoms with E-state index in [1.54, 1.807) is 0 Å². The molecule has 1 saturated heterocycles. The predicted octanol–water partition coefficient (Wildman–Crippen LogP) is 4.09. The summed E-state index contributed by atoms with van der Waals surface area (Å²) in [6, 6.07) is 24.6. The van der Waals surface area contributed by atoms with Gasteiger partial charge in [0.1, 0.15) is 6.04 Å². The fourth-order valence-corrected chi connectivity index (χ4v) is 7.34. The lowest BCUT2D eigenvalue weighted by Crippen LogP contribution is -2.68. The first-order chi connectivity index (χ1) is 18.2. The summed E-state index contributed by atoms with van der Waals surface area (Å²) in [4.78, 5) is 4.56. The minimum atomic E-state index is -0.405. The third-order valence-corrected chi connectivity index (χ3v) is 9.82. The Kier molecular flexibility index (Phi) is 6.62. The van der Waals surface area contributed by atoms with Crippen LogP contribution >= 0.6 is 0 Å². The van der Waals surface area contributed by atoms with Crippen molar-refractivity contribution in [3.63, 3.8) is 0 Å². The van der Waals surface area contributed by atoms with Crippen LogP contribution < -0.4 is 10.8 Å². The van der Waals surface area contributed by atoms with Gasteiger partial charge in [-0.05, 0) is 65.3 Å². The van der Waals surface area contributed by atoms with Gasteiger partial charge in [-0.25, -0.2) is 0 Å². The molecule has 1 aliphatic heterocycles. The highest BCUT2D eigenvalue weighted by Gasteiger charge is 2.68.